The fourth-order valence-electron chi connectivity index (χ4n) is 4.07. The van der Waals surface area contributed by atoms with Crippen molar-refractivity contribution in [1.82, 2.24) is 10.2 Å². The van der Waals surface area contributed by atoms with Gasteiger partial charge in [0.05, 0.1) is 5.92 Å². The highest BCUT2D eigenvalue weighted by Gasteiger charge is 2.37. The van der Waals surface area contributed by atoms with Crippen LogP contribution in [0.5, 0.6) is 0 Å². The van der Waals surface area contributed by atoms with Gasteiger partial charge in [0.2, 0.25) is 17.7 Å². The number of carbonyl (C=O) groups excluding carboxylic acids is 3. The molecule has 1 aromatic rings. The molecule has 0 spiro atoms. The number of carbonyl (C=O) groups is 3. The van der Waals surface area contributed by atoms with Gasteiger partial charge in [-0.05, 0) is 55.9 Å². The first-order valence-corrected chi connectivity index (χ1v) is 10.5. The van der Waals surface area contributed by atoms with E-state index in [2.05, 4.69) is 5.32 Å². The first-order valence-electron chi connectivity index (χ1n) is 10.5. The fourth-order valence-corrected chi connectivity index (χ4v) is 4.07. The molecular weight excluding hydrogens is 373 g/mol. The van der Waals surface area contributed by atoms with Crippen LogP contribution >= 0.6 is 0 Å². The summed E-state index contributed by atoms with van der Waals surface area (Å²) in [5.41, 5.74) is 0.579. The van der Waals surface area contributed by atoms with Gasteiger partial charge in [-0.3, -0.25) is 14.4 Å². The van der Waals surface area contributed by atoms with E-state index in [1.54, 1.807) is 0 Å². The van der Waals surface area contributed by atoms with Gasteiger partial charge >= 0.3 is 0 Å². The van der Waals surface area contributed by atoms with Gasteiger partial charge in [-0.25, -0.2) is 4.39 Å². The molecule has 0 aliphatic carbocycles. The average molecular weight is 403 g/mol. The Morgan fingerprint density at radius 1 is 1.14 bits per heavy atom. The summed E-state index contributed by atoms with van der Waals surface area (Å²) in [6, 6.07) is 5.11. The normalized spacial score (nSPS) is 20.8. The number of halogens is 1. The first-order chi connectivity index (χ1) is 13.8. The van der Waals surface area contributed by atoms with Crippen LogP contribution in [0, 0.1) is 17.7 Å². The van der Waals surface area contributed by atoms with Crippen LogP contribution in [-0.4, -0.2) is 48.3 Å². The maximum atomic E-state index is 13.1. The third-order valence-corrected chi connectivity index (χ3v) is 5.62. The highest BCUT2D eigenvalue weighted by Crippen LogP contribution is 2.26. The molecule has 1 aromatic carbocycles. The van der Waals surface area contributed by atoms with Gasteiger partial charge in [0.15, 0.2) is 0 Å². The third kappa shape index (κ3) is 5.34. The number of hydrogen-bond donors (Lipinski definition) is 1. The van der Waals surface area contributed by atoms with Gasteiger partial charge in [0.25, 0.3) is 0 Å². The van der Waals surface area contributed by atoms with Crippen LogP contribution in [0.25, 0.3) is 0 Å². The van der Waals surface area contributed by atoms with Gasteiger partial charge in [-0.1, -0.05) is 13.8 Å². The Kier molecular flexibility index (Phi) is 6.87. The molecule has 158 valence electrons. The van der Waals surface area contributed by atoms with Crippen molar-refractivity contribution < 1.29 is 18.8 Å². The Morgan fingerprint density at radius 3 is 2.41 bits per heavy atom. The van der Waals surface area contributed by atoms with Crippen molar-refractivity contribution in [2.24, 2.45) is 11.8 Å². The lowest BCUT2D eigenvalue weighted by molar-refractivity contribution is -0.138. The van der Waals surface area contributed by atoms with E-state index in [0.29, 0.717) is 12.1 Å². The quantitative estimate of drug-likeness (QED) is 0.794. The molecule has 0 bridgehead atoms. The summed E-state index contributed by atoms with van der Waals surface area (Å²) in [6.07, 6.45) is 3.79. The lowest BCUT2D eigenvalue weighted by Crippen LogP contribution is -2.51. The summed E-state index contributed by atoms with van der Waals surface area (Å²) in [6.45, 7) is 5.77. The van der Waals surface area contributed by atoms with Gasteiger partial charge in [0, 0.05) is 31.7 Å². The molecule has 2 saturated heterocycles. The van der Waals surface area contributed by atoms with Crippen molar-refractivity contribution in [3.05, 3.63) is 30.1 Å². The van der Waals surface area contributed by atoms with Crippen molar-refractivity contribution in [1.29, 1.82) is 0 Å². The first kappa shape index (κ1) is 21.3. The lowest BCUT2D eigenvalue weighted by atomic mass is 9.99. The van der Waals surface area contributed by atoms with Crippen LogP contribution in [-0.2, 0) is 14.4 Å². The molecule has 3 amide bonds. The zero-order chi connectivity index (χ0) is 21.0. The van der Waals surface area contributed by atoms with Gasteiger partial charge in [-0.2, -0.15) is 0 Å². The zero-order valence-corrected chi connectivity index (χ0v) is 17.2. The van der Waals surface area contributed by atoms with E-state index >= 15 is 0 Å². The standard InChI is InChI=1S/C22H30FN3O3/c1-15(2)12-19(22(29)25-10-4-3-5-11-25)24-21(28)16-13-20(27)26(14-16)18-8-6-17(23)7-9-18/h6-9,15-16,19H,3-5,10-14H2,1-2H3,(H,24,28). The van der Waals surface area contributed by atoms with Crippen molar-refractivity contribution in [2.75, 3.05) is 24.5 Å². The van der Waals surface area contributed by atoms with Crippen molar-refractivity contribution >= 4 is 23.4 Å². The van der Waals surface area contributed by atoms with E-state index in [4.69, 9.17) is 0 Å². The number of likely N-dealkylation sites (tertiary alicyclic amines) is 1. The average Bonchev–Trinajstić information content (AvgIpc) is 3.09. The number of rotatable bonds is 6. The molecule has 1 N–H and O–H groups in total. The number of benzene rings is 1. The van der Waals surface area contributed by atoms with Crippen molar-refractivity contribution in [3.63, 3.8) is 0 Å². The molecule has 2 fully saturated rings. The molecule has 2 heterocycles. The maximum Gasteiger partial charge on any atom is 0.245 e. The van der Waals surface area contributed by atoms with Crippen LogP contribution < -0.4 is 10.2 Å². The molecule has 0 aromatic heterocycles. The molecule has 2 aliphatic heterocycles. The Hall–Kier alpha value is -2.44. The second-order valence-electron chi connectivity index (χ2n) is 8.46. The maximum absolute atomic E-state index is 13.1. The Labute approximate surface area is 171 Å². The minimum atomic E-state index is -0.560. The van der Waals surface area contributed by atoms with Crippen LogP contribution in [0.15, 0.2) is 24.3 Å². The molecule has 6 nitrogen and oxygen atoms in total. The predicted molar refractivity (Wildman–Crippen MR) is 109 cm³/mol. The summed E-state index contributed by atoms with van der Waals surface area (Å²) in [7, 11) is 0. The van der Waals surface area contributed by atoms with Crippen LogP contribution in [0.2, 0.25) is 0 Å². The van der Waals surface area contributed by atoms with E-state index < -0.39 is 12.0 Å². The van der Waals surface area contributed by atoms with E-state index in [1.165, 1.54) is 29.2 Å². The van der Waals surface area contributed by atoms with E-state index in [1.807, 2.05) is 18.7 Å². The van der Waals surface area contributed by atoms with Crippen molar-refractivity contribution in [2.45, 2.75) is 52.0 Å². The van der Waals surface area contributed by atoms with Crippen LogP contribution in [0.1, 0.15) is 46.0 Å². The number of amides is 3. The molecule has 3 rings (SSSR count). The summed E-state index contributed by atoms with van der Waals surface area (Å²) in [4.78, 5) is 41.6. The number of piperidine rings is 1. The molecule has 29 heavy (non-hydrogen) atoms. The SMILES string of the molecule is CC(C)CC(NC(=O)C1CC(=O)N(c2ccc(F)cc2)C1)C(=O)N1CCCCC1. The van der Waals surface area contributed by atoms with Gasteiger partial charge in [0.1, 0.15) is 11.9 Å². The highest BCUT2D eigenvalue weighted by molar-refractivity contribution is 6.01. The summed E-state index contributed by atoms with van der Waals surface area (Å²) < 4.78 is 13.1. The smallest absolute Gasteiger partial charge is 0.245 e. The second kappa shape index (κ2) is 9.37. The lowest BCUT2D eigenvalue weighted by Gasteiger charge is -2.31. The molecule has 0 radical (unpaired) electrons. The Bertz CT molecular complexity index is 744. The van der Waals surface area contributed by atoms with Crippen LogP contribution in [0.3, 0.4) is 0 Å². The van der Waals surface area contributed by atoms with E-state index in [0.717, 1.165) is 32.4 Å². The summed E-state index contributed by atoms with van der Waals surface area (Å²) in [5.74, 6) is -1.08. The topological polar surface area (TPSA) is 69.7 Å². The molecule has 2 aliphatic rings. The summed E-state index contributed by atoms with van der Waals surface area (Å²) >= 11 is 0. The molecule has 2 atom stereocenters. The number of hydrogen-bond acceptors (Lipinski definition) is 3. The molecule has 2 unspecified atom stereocenters. The minimum Gasteiger partial charge on any atom is -0.344 e. The largest absolute Gasteiger partial charge is 0.344 e. The Balaban J connectivity index is 1.65. The third-order valence-electron chi connectivity index (χ3n) is 5.62. The van der Waals surface area contributed by atoms with Crippen LogP contribution in [0.4, 0.5) is 10.1 Å². The number of anilines is 1. The zero-order valence-electron chi connectivity index (χ0n) is 17.2. The summed E-state index contributed by atoms with van der Waals surface area (Å²) in [5, 5.41) is 2.92. The molecular formula is C22H30FN3O3. The monoisotopic (exact) mass is 403 g/mol. The van der Waals surface area contributed by atoms with Crippen molar-refractivity contribution in [3.8, 4) is 0 Å². The van der Waals surface area contributed by atoms with Gasteiger partial charge < -0.3 is 15.1 Å². The van der Waals surface area contributed by atoms with E-state index in [-0.39, 0.29) is 42.4 Å². The highest BCUT2D eigenvalue weighted by atomic mass is 19.1. The number of nitrogens with zero attached hydrogens (tertiary/aromatic N) is 2. The second-order valence-corrected chi connectivity index (χ2v) is 8.46. The fraction of sp³-hybridized carbons (Fsp3) is 0.591. The predicted octanol–water partition coefficient (Wildman–Crippen LogP) is 2.72. The number of nitrogens with one attached hydrogen (secondary N) is 1. The Morgan fingerprint density at radius 2 is 1.79 bits per heavy atom. The van der Waals surface area contributed by atoms with Gasteiger partial charge in [-0.15, -0.1) is 0 Å². The van der Waals surface area contributed by atoms with E-state index in [9.17, 15) is 18.8 Å². The minimum absolute atomic E-state index is 0.0218. The molecule has 0 saturated carbocycles. The molecule has 7 heteroatoms.